The molecule has 1 atom stereocenters. The maximum atomic E-state index is 5.25. The predicted molar refractivity (Wildman–Crippen MR) is 108 cm³/mol. The molecule has 0 bridgehead atoms. The molecule has 4 heterocycles. The average Bonchev–Trinajstić information content (AvgIpc) is 3.02. The second-order valence-electron chi connectivity index (χ2n) is 7.03. The minimum Gasteiger partial charge on any atom is -0.356 e. The van der Waals surface area contributed by atoms with Gasteiger partial charge >= 0.3 is 0 Å². The number of nitrogens with zero attached hydrogens (tertiary/aromatic N) is 5. The van der Waals surface area contributed by atoms with Crippen molar-refractivity contribution < 1.29 is 14.2 Å². The summed E-state index contributed by atoms with van der Waals surface area (Å²) in [6.45, 7) is 2.80. The summed E-state index contributed by atoms with van der Waals surface area (Å²) in [5, 5.41) is 8.26. The SMILES string of the molecule is CO[n+]1cccc(CNC2=CC(N3CCCCC3)=NC3=C(Br)C=N[N+]23C)c1. The zero-order chi connectivity index (χ0) is 18.9. The maximum absolute atomic E-state index is 5.25. The summed E-state index contributed by atoms with van der Waals surface area (Å²) >= 11 is 3.62. The number of aliphatic imine (C=N–C) groups is 1. The number of allylic oxidation sites excluding steroid dienone is 1. The van der Waals surface area contributed by atoms with Crippen LogP contribution in [0.25, 0.3) is 0 Å². The summed E-state index contributed by atoms with van der Waals surface area (Å²) in [6, 6.07) is 4.05. The van der Waals surface area contributed by atoms with Crippen molar-refractivity contribution in [2.75, 3.05) is 27.2 Å². The maximum Gasteiger partial charge on any atom is 0.278 e. The molecule has 8 heteroatoms. The van der Waals surface area contributed by atoms with Crippen LogP contribution in [0.15, 0.2) is 56.8 Å². The molecule has 1 aromatic rings. The third-order valence-corrected chi connectivity index (χ3v) is 5.74. The van der Waals surface area contributed by atoms with E-state index in [1.165, 1.54) is 19.3 Å². The summed E-state index contributed by atoms with van der Waals surface area (Å²) in [4.78, 5) is 12.6. The fraction of sp³-hybridized carbons (Fsp3) is 0.421. The monoisotopic (exact) mass is 432 g/mol. The largest absolute Gasteiger partial charge is 0.356 e. The van der Waals surface area contributed by atoms with Crippen LogP contribution in [0.5, 0.6) is 0 Å². The first-order valence-corrected chi connectivity index (χ1v) is 10.1. The number of amidine groups is 1. The molecule has 3 aliphatic rings. The molecule has 0 amide bonds. The second-order valence-corrected chi connectivity index (χ2v) is 7.88. The molecule has 1 unspecified atom stereocenters. The Hall–Kier alpha value is -2.19. The van der Waals surface area contributed by atoms with E-state index in [-0.39, 0.29) is 0 Å². The lowest BCUT2D eigenvalue weighted by atomic mass is 10.1. The number of pyridine rings is 1. The first-order chi connectivity index (χ1) is 13.1. The van der Waals surface area contributed by atoms with Crippen molar-refractivity contribution in [3.05, 3.63) is 52.3 Å². The molecule has 0 saturated carbocycles. The van der Waals surface area contributed by atoms with Gasteiger partial charge in [-0.25, -0.2) is 0 Å². The molecule has 1 fully saturated rings. The van der Waals surface area contributed by atoms with Gasteiger partial charge < -0.3 is 10.2 Å². The Morgan fingerprint density at radius 3 is 2.93 bits per heavy atom. The minimum absolute atomic E-state index is 0.301. The molecule has 0 aliphatic carbocycles. The third-order valence-electron chi connectivity index (χ3n) is 5.18. The number of fused-ring (bicyclic) bond motifs is 1. The number of aromatic nitrogens is 1. The fourth-order valence-electron chi connectivity index (χ4n) is 3.60. The number of hydrogen-bond acceptors (Lipinski definition) is 5. The zero-order valence-corrected chi connectivity index (χ0v) is 17.3. The van der Waals surface area contributed by atoms with E-state index in [9.17, 15) is 0 Å². The predicted octanol–water partition coefficient (Wildman–Crippen LogP) is 1.87. The number of nitrogens with one attached hydrogen (secondary N) is 1. The molecule has 4 rings (SSSR count). The van der Waals surface area contributed by atoms with E-state index < -0.39 is 0 Å². The first kappa shape index (κ1) is 18.2. The van der Waals surface area contributed by atoms with Gasteiger partial charge in [-0.2, -0.15) is 4.99 Å². The lowest BCUT2D eigenvalue weighted by Crippen LogP contribution is -2.46. The molecule has 0 spiro atoms. The smallest absolute Gasteiger partial charge is 0.278 e. The summed E-state index contributed by atoms with van der Waals surface area (Å²) in [5.41, 5.74) is 1.13. The van der Waals surface area contributed by atoms with E-state index in [2.05, 4.69) is 50.4 Å². The van der Waals surface area contributed by atoms with E-state index in [1.54, 1.807) is 11.8 Å². The van der Waals surface area contributed by atoms with Crippen LogP contribution in [-0.2, 0) is 6.54 Å². The Bertz CT molecular complexity index is 856. The number of rotatable bonds is 4. The lowest BCUT2D eigenvalue weighted by Gasteiger charge is -2.34. The number of likely N-dealkylation sites (tertiary alicyclic amines) is 1. The summed E-state index contributed by atoms with van der Waals surface area (Å²) < 4.78 is 2.93. The Balaban J connectivity index is 1.61. The summed E-state index contributed by atoms with van der Waals surface area (Å²) in [7, 11) is 3.71. The van der Waals surface area contributed by atoms with Crippen molar-refractivity contribution in [2.24, 2.45) is 10.1 Å². The number of piperidine rings is 1. The van der Waals surface area contributed by atoms with Gasteiger partial charge in [0.05, 0.1) is 12.6 Å². The first-order valence-electron chi connectivity index (χ1n) is 9.27. The van der Waals surface area contributed by atoms with Gasteiger partial charge in [-0.15, -0.1) is 4.59 Å². The second kappa shape index (κ2) is 7.44. The van der Waals surface area contributed by atoms with E-state index in [0.717, 1.165) is 40.6 Å². The summed E-state index contributed by atoms with van der Waals surface area (Å²) in [5.74, 6) is 2.95. The Kier molecular flexibility index (Phi) is 5.01. The van der Waals surface area contributed by atoms with Gasteiger partial charge in [0.1, 0.15) is 30.7 Å². The normalized spacial score (nSPS) is 24.5. The Morgan fingerprint density at radius 1 is 1.33 bits per heavy atom. The summed E-state index contributed by atoms with van der Waals surface area (Å²) in [6.07, 6.45) is 11.6. The van der Waals surface area contributed by atoms with E-state index in [1.807, 2.05) is 24.7 Å². The Labute approximate surface area is 168 Å². The zero-order valence-electron chi connectivity index (χ0n) is 15.7. The van der Waals surface area contributed by atoms with Gasteiger partial charge in [0.2, 0.25) is 18.2 Å². The van der Waals surface area contributed by atoms with Gasteiger partial charge in [-0.05, 0) is 41.3 Å². The van der Waals surface area contributed by atoms with Crippen LogP contribution < -0.4 is 14.9 Å². The van der Waals surface area contributed by atoms with E-state index in [4.69, 9.17) is 9.83 Å². The van der Waals surface area contributed by atoms with Crippen molar-refractivity contribution in [2.45, 2.75) is 25.8 Å². The molecule has 27 heavy (non-hydrogen) atoms. The van der Waals surface area contributed by atoms with Crippen molar-refractivity contribution in [3.8, 4) is 0 Å². The highest BCUT2D eigenvalue weighted by Gasteiger charge is 2.43. The van der Waals surface area contributed by atoms with E-state index in [0.29, 0.717) is 11.1 Å². The van der Waals surface area contributed by atoms with Gasteiger partial charge in [-0.3, -0.25) is 4.84 Å². The van der Waals surface area contributed by atoms with E-state index >= 15 is 0 Å². The van der Waals surface area contributed by atoms with Crippen molar-refractivity contribution in [3.63, 3.8) is 0 Å². The molecule has 1 saturated heterocycles. The highest BCUT2D eigenvalue weighted by Crippen LogP contribution is 2.36. The van der Waals surface area contributed by atoms with Gasteiger partial charge in [0.25, 0.3) is 5.82 Å². The average molecular weight is 433 g/mol. The standard InChI is InChI=1S/C19H25BrN6O/c1-26-18(21-12-15-7-6-10-25(14-15)27-2)11-17(24-8-4-3-5-9-24)23-19(26)16(20)13-22-26/h6-7,10-11,13-14,21H,3-5,8-9,12H2,1-2H3/q+2. The number of hydrogen-bond donors (Lipinski definition) is 1. The van der Waals surface area contributed by atoms with Crippen LogP contribution in [-0.4, -0.2) is 48.8 Å². The molecule has 0 aromatic carbocycles. The molecular weight excluding hydrogens is 408 g/mol. The molecule has 3 aliphatic heterocycles. The van der Waals surface area contributed by atoms with Crippen LogP contribution in [0, 0.1) is 0 Å². The molecule has 1 N–H and O–H groups in total. The van der Waals surface area contributed by atoms with Crippen LogP contribution in [0.2, 0.25) is 0 Å². The highest BCUT2D eigenvalue weighted by atomic mass is 79.9. The molecule has 7 nitrogen and oxygen atoms in total. The highest BCUT2D eigenvalue weighted by molar-refractivity contribution is 9.12. The van der Waals surface area contributed by atoms with Gasteiger partial charge in [0, 0.05) is 29.4 Å². The van der Waals surface area contributed by atoms with Gasteiger partial charge in [-0.1, -0.05) is 5.10 Å². The van der Waals surface area contributed by atoms with Crippen LogP contribution >= 0.6 is 15.9 Å². The van der Waals surface area contributed by atoms with Crippen molar-refractivity contribution >= 4 is 28.0 Å². The fourth-order valence-corrected chi connectivity index (χ4v) is 4.13. The molecular formula is C19H25BrN6O+2. The van der Waals surface area contributed by atoms with Gasteiger partial charge in [0.15, 0.2) is 0 Å². The molecule has 142 valence electrons. The number of halogens is 1. The lowest BCUT2D eigenvalue weighted by molar-refractivity contribution is -0.885. The minimum atomic E-state index is 0.301. The third kappa shape index (κ3) is 3.51. The van der Waals surface area contributed by atoms with Crippen LogP contribution in [0.3, 0.4) is 0 Å². The Morgan fingerprint density at radius 2 is 2.15 bits per heavy atom. The van der Waals surface area contributed by atoms with Crippen molar-refractivity contribution in [1.82, 2.24) is 10.2 Å². The topological polar surface area (TPSA) is 53.1 Å². The molecule has 0 radical (unpaired) electrons. The van der Waals surface area contributed by atoms with Crippen LogP contribution in [0.1, 0.15) is 24.8 Å². The number of quaternary nitrogens is 1. The quantitative estimate of drug-likeness (QED) is 0.583. The molecule has 1 aromatic heterocycles. The van der Waals surface area contributed by atoms with Crippen molar-refractivity contribution in [1.29, 1.82) is 0 Å². The van der Waals surface area contributed by atoms with Crippen LogP contribution in [0.4, 0.5) is 0 Å².